The Hall–Kier alpha value is -0.780. The molecule has 0 aliphatic carbocycles. The maximum atomic E-state index is 12.5. The van der Waals surface area contributed by atoms with Gasteiger partial charge in [-0.15, -0.1) is 12.4 Å². The van der Waals surface area contributed by atoms with Gasteiger partial charge in [0, 0.05) is 30.7 Å². The SMILES string of the molecule is CC(C)Oc1cc(Br)ccc1C(=O)N1CCNCC1.Cl. The van der Waals surface area contributed by atoms with Crippen LogP contribution in [0.3, 0.4) is 0 Å². The summed E-state index contributed by atoms with van der Waals surface area (Å²) in [6, 6.07) is 5.56. The van der Waals surface area contributed by atoms with Crippen LogP contribution in [0.2, 0.25) is 0 Å². The van der Waals surface area contributed by atoms with Gasteiger partial charge in [-0.25, -0.2) is 0 Å². The zero-order chi connectivity index (χ0) is 13.8. The minimum Gasteiger partial charge on any atom is -0.490 e. The Morgan fingerprint density at radius 3 is 2.60 bits per heavy atom. The monoisotopic (exact) mass is 362 g/mol. The summed E-state index contributed by atoms with van der Waals surface area (Å²) < 4.78 is 6.66. The highest BCUT2D eigenvalue weighted by atomic mass is 79.9. The van der Waals surface area contributed by atoms with Crippen molar-refractivity contribution in [3.8, 4) is 5.75 Å². The summed E-state index contributed by atoms with van der Waals surface area (Å²) in [5, 5.41) is 3.24. The van der Waals surface area contributed by atoms with Gasteiger partial charge in [0.05, 0.1) is 11.7 Å². The van der Waals surface area contributed by atoms with Gasteiger partial charge in [-0.05, 0) is 32.0 Å². The summed E-state index contributed by atoms with van der Waals surface area (Å²) >= 11 is 3.42. The zero-order valence-electron chi connectivity index (χ0n) is 11.7. The number of benzene rings is 1. The molecule has 1 aromatic carbocycles. The van der Waals surface area contributed by atoms with Gasteiger partial charge < -0.3 is 15.0 Å². The molecule has 0 spiro atoms. The first-order valence-corrected chi connectivity index (χ1v) is 7.33. The molecule has 1 saturated heterocycles. The maximum absolute atomic E-state index is 12.5. The smallest absolute Gasteiger partial charge is 0.257 e. The van der Waals surface area contributed by atoms with Gasteiger partial charge in [-0.3, -0.25) is 4.79 Å². The standard InChI is InChI=1S/C14H19BrN2O2.ClH/c1-10(2)19-13-9-11(15)3-4-12(13)14(18)17-7-5-16-6-8-17;/h3-4,9-10,16H,5-8H2,1-2H3;1H. The predicted octanol–water partition coefficient (Wildman–Crippen LogP) is 2.70. The average Bonchev–Trinajstić information content (AvgIpc) is 2.38. The van der Waals surface area contributed by atoms with Crippen LogP contribution in [0.25, 0.3) is 0 Å². The lowest BCUT2D eigenvalue weighted by Gasteiger charge is -2.28. The van der Waals surface area contributed by atoms with Crippen molar-refractivity contribution in [3.63, 3.8) is 0 Å². The van der Waals surface area contributed by atoms with Crippen molar-refractivity contribution in [1.29, 1.82) is 0 Å². The Morgan fingerprint density at radius 2 is 2.00 bits per heavy atom. The third-order valence-corrected chi connectivity index (χ3v) is 3.43. The van der Waals surface area contributed by atoms with Crippen molar-refractivity contribution in [3.05, 3.63) is 28.2 Å². The summed E-state index contributed by atoms with van der Waals surface area (Å²) in [6.07, 6.45) is 0.0453. The molecule has 1 fully saturated rings. The lowest BCUT2D eigenvalue weighted by Crippen LogP contribution is -2.46. The third kappa shape index (κ3) is 4.36. The van der Waals surface area contributed by atoms with E-state index in [2.05, 4.69) is 21.2 Å². The number of ether oxygens (including phenoxy) is 1. The van der Waals surface area contributed by atoms with E-state index in [0.29, 0.717) is 11.3 Å². The Bertz CT molecular complexity index is 462. The van der Waals surface area contributed by atoms with E-state index in [1.54, 1.807) is 0 Å². The summed E-state index contributed by atoms with van der Waals surface area (Å²) in [5.74, 6) is 0.692. The fourth-order valence-electron chi connectivity index (χ4n) is 2.06. The van der Waals surface area contributed by atoms with E-state index in [4.69, 9.17) is 4.74 Å². The van der Waals surface area contributed by atoms with Crippen LogP contribution in [0.1, 0.15) is 24.2 Å². The first-order chi connectivity index (χ1) is 9.08. The summed E-state index contributed by atoms with van der Waals surface area (Å²) in [7, 11) is 0. The number of hydrogen-bond acceptors (Lipinski definition) is 3. The molecule has 6 heteroatoms. The van der Waals surface area contributed by atoms with Crippen LogP contribution in [0.4, 0.5) is 0 Å². The van der Waals surface area contributed by atoms with Gasteiger partial charge in [0.15, 0.2) is 0 Å². The second-order valence-electron chi connectivity index (χ2n) is 4.85. The molecule has 20 heavy (non-hydrogen) atoms. The molecule has 0 saturated carbocycles. The lowest BCUT2D eigenvalue weighted by molar-refractivity contribution is 0.0729. The van der Waals surface area contributed by atoms with Crippen molar-refractivity contribution in [2.24, 2.45) is 0 Å². The molecule has 112 valence electrons. The van der Waals surface area contributed by atoms with E-state index in [1.165, 1.54) is 0 Å². The van der Waals surface area contributed by atoms with Crippen LogP contribution < -0.4 is 10.1 Å². The minimum absolute atomic E-state index is 0. The second kappa shape index (κ2) is 7.86. The normalized spacial score (nSPS) is 14.9. The van der Waals surface area contributed by atoms with Crippen molar-refractivity contribution in [2.45, 2.75) is 20.0 Å². The van der Waals surface area contributed by atoms with E-state index in [-0.39, 0.29) is 24.4 Å². The topological polar surface area (TPSA) is 41.6 Å². The molecule has 2 rings (SSSR count). The molecule has 0 radical (unpaired) electrons. The first kappa shape index (κ1) is 17.3. The molecule has 1 aliphatic heterocycles. The van der Waals surface area contributed by atoms with E-state index < -0.39 is 0 Å². The maximum Gasteiger partial charge on any atom is 0.257 e. The predicted molar refractivity (Wildman–Crippen MR) is 85.9 cm³/mol. The number of carbonyl (C=O) groups excluding carboxylic acids is 1. The molecule has 1 aromatic rings. The summed E-state index contributed by atoms with van der Waals surface area (Å²) in [5.41, 5.74) is 0.638. The highest BCUT2D eigenvalue weighted by Crippen LogP contribution is 2.26. The molecule has 1 N–H and O–H groups in total. The number of carbonyl (C=O) groups is 1. The highest BCUT2D eigenvalue weighted by molar-refractivity contribution is 9.10. The zero-order valence-corrected chi connectivity index (χ0v) is 14.1. The number of hydrogen-bond donors (Lipinski definition) is 1. The van der Waals surface area contributed by atoms with Crippen LogP contribution in [0, 0.1) is 0 Å². The number of nitrogens with zero attached hydrogens (tertiary/aromatic N) is 1. The van der Waals surface area contributed by atoms with Crippen LogP contribution in [-0.4, -0.2) is 43.1 Å². The average molecular weight is 364 g/mol. The summed E-state index contributed by atoms with van der Waals surface area (Å²) in [6.45, 7) is 7.11. The molecule has 0 unspecified atom stereocenters. The van der Waals surface area contributed by atoms with Crippen LogP contribution >= 0.6 is 28.3 Å². The minimum atomic E-state index is 0. The fourth-order valence-corrected chi connectivity index (χ4v) is 2.40. The van der Waals surface area contributed by atoms with Crippen molar-refractivity contribution in [1.82, 2.24) is 10.2 Å². The van der Waals surface area contributed by atoms with Crippen LogP contribution in [-0.2, 0) is 0 Å². The van der Waals surface area contributed by atoms with Gasteiger partial charge in [0.25, 0.3) is 5.91 Å². The molecular formula is C14H20BrClN2O2. The van der Waals surface area contributed by atoms with E-state index in [9.17, 15) is 4.79 Å². The van der Waals surface area contributed by atoms with E-state index >= 15 is 0 Å². The largest absolute Gasteiger partial charge is 0.490 e. The fraction of sp³-hybridized carbons (Fsp3) is 0.500. The van der Waals surface area contributed by atoms with Crippen molar-refractivity contribution < 1.29 is 9.53 Å². The van der Waals surface area contributed by atoms with Crippen LogP contribution in [0.5, 0.6) is 5.75 Å². The number of halogens is 2. The van der Waals surface area contributed by atoms with Gasteiger partial charge in [0.2, 0.25) is 0 Å². The third-order valence-electron chi connectivity index (χ3n) is 2.94. The van der Waals surface area contributed by atoms with Crippen molar-refractivity contribution >= 4 is 34.2 Å². The number of amides is 1. The van der Waals surface area contributed by atoms with Gasteiger partial charge >= 0.3 is 0 Å². The second-order valence-corrected chi connectivity index (χ2v) is 5.76. The Morgan fingerprint density at radius 1 is 1.35 bits per heavy atom. The molecule has 0 atom stereocenters. The highest BCUT2D eigenvalue weighted by Gasteiger charge is 2.21. The quantitative estimate of drug-likeness (QED) is 0.898. The van der Waals surface area contributed by atoms with Crippen LogP contribution in [0.15, 0.2) is 22.7 Å². The van der Waals surface area contributed by atoms with Crippen molar-refractivity contribution in [2.75, 3.05) is 26.2 Å². The molecule has 0 aromatic heterocycles. The molecular weight excluding hydrogens is 344 g/mol. The number of nitrogens with one attached hydrogen (secondary N) is 1. The molecule has 1 amide bonds. The van der Waals surface area contributed by atoms with Gasteiger partial charge in [0.1, 0.15) is 5.75 Å². The Balaban J connectivity index is 0.00000200. The van der Waals surface area contributed by atoms with E-state index in [1.807, 2.05) is 36.9 Å². The number of rotatable bonds is 3. The molecule has 1 aliphatic rings. The molecule has 1 heterocycles. The van der Waals surface area contributed by atoms with Gasteiger partial charge in [-0.1, -0.05) is 15.9 Å². The lowest BCUT2D eigenvalue weighted by atomic mass is 10.1. The molecule has 0 bridgehead atoms. The summed E-state index contributed by atoms with van der Waals surface area (Å²) in [4.78, 5) is 14.4. The molecule has 4 nitrogen and oxygen atoms in total. The van der Waals surface area contributed by atoms with Gasteiger partial charge in [-0.2, -0.15) is 0 Å². The Kier molecular flexibility index (Phi) is 6.79. The first-order valence-electron chi connectivity index (χ1n) is 6.54. The Labute approximate surface area is 134 Å². The van der Waals surface area contributed by atoms with E-state index in [0.717, 1.165) is 30.7 Å². The number of piperazine rings is 1.